The molecule has 0 bridgehead atoms. The molecule has 1 aromatic carbocycles. The summed E-state index contributed by atoms with van der Waals surface area (Å²) in [6.07, 6.45) is -2.95. The summed E-state index contributed by atoms with van der Waals surface area (Å²) in [5, 5.41) is 0. The molecule has 0 saturated carbocycles. The number of methoxy groups -OCH3 is 1. The largest absolute Gasteiger partial charge is 0.457 e. The van der Waals surface area contributed by atoms with Crippen LogP contribution in [0.2, 0.25) is 0 Å². The Hall–Kier alpha value is -2.41. The van der Waals surface area contributed by atoms with Crippen molar-refractivity contribution in [2.45, 2.75) is 19.5 Å². The van der Waals surface area contributed by atoms with Gasteiger partial charge >= 0.3 is 6.18 Å². The number of halogens is 3. The first-order valence-electron chi connectivity index (χ1n) is 7.11. The van der Waals surface area contributed by atoms with Gasteiger partial charge in [-0.2, -0.15) is 13.2 Å². The summed E-state index contributed by atoms with van der Waals surface area (Å²) in [6, 6.07) is 6.78. The minimum Gasteiger partial charge on any atom is -0.457 e. The highest BCUT2D eigenvalue weighted by molar-refractivity contribution is 5.81. The average molecular weight is 339 g/mol. The van der Waals surface area contributed by atoms with E-state index in [4.69, 9.17) is 9.47 Å². The van der Waals surface area contributed by atoms with E-state index in [1.54, 1.807) is 0 Å². The maximum atomic E-state index is 12.9. The van der Waals surface area contributed by atoms with Crippen LogP contribution in [0.5, 0.6) is 11.5 Å². The summed E-state index contributed by atoms with van der Waals surface area (Å²) in [6.45, 7) is 1.36. The number of hydrogen-bond acceptors (Lipinski definition) is 4. The van der Waals surface area contributed by atoms with Crippen LogP contribution in [-0.4, -0.2) is 24.5 Å². The second-order valence-electron chi connectivity index (χ2n) is 5.21. The summed E-state index contributed by atoms with van der Waals surface area (Å²) in [5.74, 6) is 0.215. The lowest BCUT2D eigenvalue weighted by Crippen LogP contribution is -2.10. The summed E-state index contributed by atoms with van der Waals surface area (Å²) >= 11 is 0. The monoisotopic (exact) mass is 339 g/mol. The van der Waals surface area contributed by atoms with Gasteiger partial charge in [0, 0.05) is 19.4 Å². The lowest BCUT2D eigenvalue weighted by atomic mass is 10.1. The quantitative estimate of drug-likeness (QED) is 0.799. The fourth-order valence-electron chi connectivity index (χ4n) is 2.14. The Morgan fingerprint density at radius 3 is 2.54 bits per heavy atom. The van der Waals surface area contributed by atoms with Crippen LogP contribution in [0.4, 0.5) is 13.2 Å². The number of carbonyl (C=O) groups excluding carboxylic acids is 1. The number of hydrogen-bond donors (Lipinski definition) is 0. The van der Waals surface area contributed by atoms with Crippen LogP contribution in [-0.2, 0) is 22.1 Å². The molecular formula is C17H16F3NO3. The van der Waals surface area contributed by atoms with Crippen molar-refractivity contribution in [3.63, 3.8) is 0 Å². The summed E-state index contributed by atoms with van der Waals surface area (Å²) < 4.78 is 49.0. The molecule has 0 unspecified atom stereocenters. The Morgan fingerprint density at radius 1 is 1.17 bits per heavy atom. The van der Waals surface area contributed by atoms with Crippen molar-refractivity contribution in [1.82, 2.24) is 4.98 Å². The van der Waals surface area contributed by atoms with Gasteiger partial charge < -0.3 is 9.47 Å². The molecule has 0 amide bonds. The molecule has 4 nitrogen and oxygen atoms in total. The number of rotatable bonds is 6. The number of carbonyl (C=O) groups is 1. The number of aryl methyl sites for hydroxylation is 1. The first kappa shape index (κ1) is 17.9. The number of ether oxygens (including phenoxy) is 2. The molecule has 2 aromatic rings. The Labute approximate surface area is 137 Å². The number of nitrogens with zero attached hydrogens (tertiary/aromatic N) is 1. The van der Waals surface area contributed by atoms with Crippen LogP contribution < -0.4 is 4.74 Å². The molecule has 0 aliphatic rings. The minimum absolute atomic E-state index is 0.0281. The summed E-state index contributed by atoms with van der Waals surface area (Å²) in [5.41, 5.74) is -0.169. The molecule has 0 spiro atoms. The number of aromatic nitrogens is 1. The fraction of sp³-hybridized carbons (Fsp3) is 0.294. The van der Waals surface area contributed by atoms with Crippen LogP contribution in [0.25, 0.3) is 0 Å². The Balaban J connectivity index is 2.18. The van der Waals surface area contributed by atoms with Gasteiger partial charge in [0.25, 0.3) is 0 Å². The van der Waals surface area contributed by atoms with Gasteiger partial charge in [-0.05, 0) is 30.7 Å². The van der Waals surface area contributed by atoms with Gasteiger partial charge in [-0.1, -0.05) is 6.07 Å². The highest BCUT2D eigenvalue weighted by atomic mass is 19.4. The molecule has 24 heavy (non-hydrogen) atoms. The lowest BCUT2D eigenvalue weighted by molar-refractivity contribution is -0.138. The van der Waals surface area contributed by atoms with Gasteiger partial charge in [0.05, 0.1) is 17.7 Å². The van der Waals surface area contributed by atoms with Gasteiger partial charge in [0.15, 0.2) is 5.78 Å². The zero-order chi connectivity index (χ0) is 17.7. The normalized spacial score (nSPS) is 11.4. The van der Waals surface area contributed by atoms with Gasteiger partial charge in [0.1, 0.15) is 18.1 Å². The average Bonchev–Trinajstić information content (AvgIpc) is 2.48. The number of benzene rings is 1. The minimum atomic E-state index is -4.45. The maximum Gasteiger partial charge on any atom is 0.416 e. The van der Waals surface area contributed by atoms with Crippen molar-refractivity contribution in [3.8, 4) is 11.5 Å². The van der Waals surface area contributed by atoms with E-state index in [0.29, 0.717) is 11.4 Å². The Kier molecular flexibility index (Phi) is 5.56. The molecule has 0 aliphatic heterocycles. The standard InChI is InChI=1S/C17H16F3NO3/c1-11-3-4-14(9-16(11)17(18,19)20)24-15-5-6-21-12(8-15)7-13(22)10-23-2/h3-6,8-9H,7,10H2,1-2H3. The highest BCUT2D eigenvalue weighted by Crippen LogP contribution is 2.35. The number of Topliss-reactive ketones (excluding diaryl/α,β-unsaturated/α-hetero) is 1. The molecule has 7 heteroatoms. The first-order valence-corrected chi connectivity index (χ1v) is 7.11. The third-order valence-corrected chi connectivity index (χ3v) is 3.22. The van der Waals surface area contributed by atoms with Crippen molar-refractivity contribution in [1.29, 1.82) is 0 Å². The van der Waals surface area contributed by atoms with E-state index >= 15 is 0 Å². The van der Waals surface area contributed by atoms with E-state index in [1.807, 2.05) is 0 Å². The third kappa shape index (κ3) is 4.79. The zero-order valence-electron chi connectivity index (χ0n) is 13.2. The fourth-order valence-corrected chi connectivity index (χ4v) is 2.14. The Morgan fingerprint density at radius 2 is 1.88 bits per heavy atom. The SMILES string of the molecule is COCC(=O)Cc1cc(Oc2ccc(C)c(C(F)(F)F)c2)ccn1. The van der Waals surface area contributed by atoms with E-state index < -0.39 is 11.7 Å². The van der Waals surface area contributed by atoms with Crippen LogP contribution in [0, 0.1) is 6.92 Å². The van der Waals surface area contributed by atoms with E-state index in [-0.39, 0.29) is 30.1 Å². The summed E-state index contributed by atoms with van der Waals surface area (Å²) in [4.78, 5) is 15.6. The number of ketones is 1. The van der Waals surface area contributed by atoms with Gasteiger partial charge in [0.2, 0.25) is 0 Å². The van der Waals surface area contributed by atoms with E-state index in [2.05, 4.69) is 4.98 Å². The van der Waals surface area contributed by atoms with E-state index in [9.17, 15) is 18.0 Å². The Bertz CT molecular complexity index is 729. The number of pyridine rings is 1. The van der Waals surface area contributed by atoms with Crippen molar-refractivity contribution in [2.75, 3.05) is 13.7 Å². The molecule has 1 heterocycles. The molecule has 128 valence electrons. The molecule has 0 atom stereocenters. The van der Waals surface area contributed by atoms with Crippen LogP contribution in [0.15, 0.2) is 36.5 Å². The number of alkyl halides is 3. The second-order valence-corrected chi connectivity index (χ2v) is 5.21. The molecule has 0 N–H and O–H groups in total. The van der Waals surface area contributed by atoms with Crippen molar-refractivity contribution < 1.29 is 27.4 Å². The predicted octanol–water partition coefficient (Wildman–Crippen LogP) is 3.96. The van der Waals surface area contributed by atoms with Crippen molar-refractivity contribution >= 4 is 5.78 Å². The molecule has 1 aromatic heterocycles. The zero-order valence-corrected chi connectivity index (χ0v) is 13.2. The smallest absolute Gasteiger partial charge is 0.416 e. The predicted molar refractivity (Wildman–Crippen MR) is 81.1 cm³/mol. The van der Waals surface area contributed by atoms with Gasteiger partial charge in [-0.25, -0.2) is 0 Å². The topological polar surface area (TPSA) is 48.4 Å². The molecular weight excluding hydrogens is 323 g/mol. The first-order chi connectivity index (χ1) is 11.3. The third-order valence-electron chi connectivity index (χ3n) is 3.22. The van der Waals surface area contributed by atoms with E-state index in [0.717, 1.165) is 6.07 Å². The van der Waals surface area contributed by atoms with Gasteiger partial charge in [-0.3, -0.25) is 9.78 Å². The van der Waals surface area contributed by atoms with E-state index in [1.165, 1.54) is 44.5 Å². The van der Waals surface area contributed by atoms with Crippen molar-refractivity contribution in [2.24, 2.45) is 0 Å². The molecule has 0 radical (unpaired) electrons. The van der Waals surface area contributed by atoms with Crippen LogP contribution >= 0.6 is 0 Å². The maximum absolute atomic E-state index is 12.9. The molecule has 0 aliphatic carbocycles. The van der Waals surface area contributed by atoms with Crippen LogP contribution in [0.3, 0.4) is 0 Å². The van der Waals surface area contributed by atoms with Gasteiger partial charge in [-0.15, -0.1) is 0 Å². The summed E-state index contributed by atoms with van der Waals surface area (Å²) in [7, 11) is 1.42. The highest BCUT2D eigenvalue weighted by Gasteiger charge is 2.32. The lowest BCUT2D eigenvalue weighted by Gasteiger charge is -2.13. The second kappa shape index (κ2) is 7.44. The molecule has 0 saturated heterocycles. The molecule has 2 rings (SSSR count). The van der Waals surface area contributed by atoms with Crippen molar-refractivity contribution in [3.05, 3.63) is 53.3 Å². The molecule has 0 fully saturated rings. The van der Waals surface area contributed by atoms with Crippen LogP contribution in [0.1, 0.15) is 16.8 Å².